The van der Waals surface area contributed by atoms with E-state index in [0.29, 0.717) is 29.0 Å². The molecule has 2 aromatic heterocycles. The molecular weight excluding hydrogens is 354 g/mol. The number of H-pyrrole nitrogens is 1. The number of aromatic nitrogens is 3. The number of hydrogen-bond acceptors (Lipinski definition) is 4. The summed E-state index contributed by atoms with van der Waals surface area (Å²) in [5.74, 6) is 0.107. The van der Waals surface area contributed by atoms with Gasteiger partial charge in [-0.15, -0.1) is 0 Å². The van der Waals surface area contributed by atoms with E-state index in [1.807, 2.05) is 60.7 Å². The van der Waals surface area contributed by atoms with E-state index < -0.39 is 0 Å². The highest BCUT2D eigenvalue weighted by atomic mass is 16.2. The summed E-state index contributed by atoms with van der Waals surface area (Å²) in [6.45, 7) is 0.194. The molecule has 7 nitrogen and oxygen atoms in total. The Morgan fingerprint density at radius 3 is 2.39 bits per heavy atom. The minimum atomic E-state index is -0.294. The van der Waals surface area contributed by atoms with E-state index in [9.17, 15) is 9.59 Å². The first-order valence-corrected chi connectivity index (χ1v) is 8.96. The van der Waals surface area contributed by atoms with Crippen LogP contribution >= 0.6 is 0 Å². The highest BCUT2D eigenvalue weighted by molar-refractivity contribution is 6.08. The number of hydrogen-bond donors (Lipinski definition) is 2. The van der Waals surface area contributed by atoms with Crippen LogP contribution in [0.15, 0.2) is 65.5 Å². The van der Waals surface area contributed by atoms with E-state index in [-0.39, 0.29) is 23.7 Å². The number of nitrogens with one attached hydrogen (secondary N) is 1. The van der Waals surface area contributed by atoms with Gasteiger partial charge in [-0.1, -0.05) is 48.5 Å². The van der Waals surface area contributed by atoms with Crippen LogP contribution in [0.25, 0.3) is 5.65 Å². The number of carbonyl (C=O) groups is 1. The lowest BCUT2D eigenvalue weighted by atomic mass is 10.1. The Balaban J connectivity index is 1.64. The van der Waals surface area contributed by atoms with Gasteiger partial charge in [0.2, 0.25) is 0 Å². The largest absolute Gasteiger partial charge is 0.384 e. The molecule has 0 saturated carbocycles. The van der Waals surface area contributed by atoms with Gasteiger partial charge in [-0.25, -0.2) is 4.98 Å². The second-order valence-corrected chi connectivity index (χ2v) is 6.80. The summed E-state index contributed by atoms with van der Waals surface area (Å²) in [6.07, 6.45) is 0.515. The lowest BCUT2D eigenvalue weighted by Gasteiger charge is -2.14. The number of benzene rings is 2. The fraction of sp³-hybridized carbons (Fsp3) is 0.0952. The van der Waals surface area contributed by atoms with Crippen molar-refractivity contribution < 1.29 is 4.79 Å². The number of fused-ring (bicyclic) bond motifs is 2. The minimum absolute atomic E-state index is 0.194. The maximum Gasteiger partial charge on any atom is 0.278 e. The molecule has 1 aliphatic heterocycles. The van der Waals surface area contributed by atoms with Crippen LogP contribution in [0.4, 0.5) is 11.5 Å². The molecule has 0 atom stereocenters. The normalized spacial score (nSPS) is 13.3. The fourth-order valence-corrected chi connectivity index (χ4v) is 3.64. The van der Waals surface area contributed by atoms with Crippen molar-refractivity contribution in [3.05, 3.63) is 93.4 Å². The van der Waals surface area contributed by atoms with Crippen LogP contribution in [0, 0.1) is 0 Å². The fourth-order valence-electron chi connectivity index (χ4n) is 3.64. The Hall–Kier alpha value is -3.87. The van der Waals surface area contributed by atoms with Crippen molar-refractivity contribution in [1.29, 1.82) is 0 Å². The molecule has 138 valence electrons. The Morgan fingerprint density at radius 1 is 1.00 bits per heavy atom. The van der Waals surface area contributed by atoms with Crippen LogP contribution in [-0.2, 0) is 13.0 Å². The van der Waals surface area contributed by atoms with Gasteiger partial charge in [0, 0.05) is 17.7 Å². The average Bonchev–Trinajstić information content (AvgIpc) is 3.22. The topological polar surface area (TPSA) is 96.5 Å². The number of para-hydroxylation sites is 1. The molecule has 0 spiro atoms. The zero-order valence-electron chi connectivity index (χ0n) is 14.9. The summed E-state index contributed by atoms with van der Waals surface area (Å²) in [4.78, 5) is 32.1. The van der Waals surface area contributed by atoms with Gasteiger partial charge in [0.25, 0.3) is 11.5 Å². The third-order valence-electron chi connectivity index (χ3n) is 5.06. The van der Waals surface area contributed by atoms with Crippen LogP contribution in [0.5, 0.6) is 0 Å². The summed E-state index contributed by atoms with van der Waals surface area (Å²) in [6, 6.07) is 19.1. The predicted octanol–water partition coefficient (Wildman–Crippen LogP) is 2.36. The van der Waals surface area contributed by atoms with Crippen LogP contribution < -0.4 is 16.2 Å². The zero-order chi connectivity index (χ0) is 19.3. The van der Waals surface area contributed by atoms with E-state index in [4.69, 9.17) is 5.73 Å². The Kier molecular flexibility index (Phi) is 3.55. The maximum atomic E-state index is 13.0. The first-order valence-electron chi connectivity index (χ1n) is 8.96. The Morgan fingerprint density at radius 2 is 1.68 bits per heavy atom. The Labute approximate surface area is 160 Å². The first kappa shape index (κ1) is 16.3. The number of aromatic amines is 1. The molecule has 5 rings (SSSR count). The monoisotopic (exact) mass is 371 g/mol. The maximum absolute atomic E-state index is 13.0. The van der Waals surface area contributed by atoms with Crippen LogP contribution in [-0.4, -0.2) is 20.5 Å². The lowest BCUT2D eigenvalue weighted by molar-refractivity contribution is 0.0992. The molecule has 0 unspecified atom stereocenters. The number of anilines is 2. The van der Waals surface area contributed by atoms with Gasteiger partial charge in [0.15, 0.2) is 5.65 Å². The smallest absolute Gasteiger partial charge is 0.278 e. The van der Waals surface area contributed by atoms with Gasteiger partial charge in [-0.2, -0.15) is 4.52 Å². The first-order chi connectivity index (χ1) is 13.6. The quantitative estimate of drug-likeness (QED) is 0.578. The van der Waals surface area contributed by atoms with Crippen molar-refractivity contribution in [3.63, 3.8) is 0 Å². The summed E-state index contributed by atoms with van der Waals surface area (Å²) in [5.41, 5.74) is 9.29. The third kappa shape index (κ3) is 2.40. The molecule has 3 heterocycles. The summed E-state index contributed by atoms with van der Waals surface area (Å²) in [5, 5.41) is 2.90. The minimum Gasteiger partial charge on any atom is -0.384 e. The molecule has 2 aromatic carbocycles. The van der Waals surface area contributed by atoms with Crippen molar-refractivity contribution in [2.24, 2.45) is 0 Å². The number of nitrogens with two attached hydrogens (primary N) is 1. The standard InChI is InChI=1S/C21H17N5O2/c22-18-15(11-13-7-3-1-4-8-13)19-23-17-16(20(27)26(19)24-18)12-25(21(17)28)14-9-5-2-6-10-14/h1-10,24H,11-12,22H2. The molecule has 28 heavy (non-hydrogen) atoms. The highest BCUT2D eigenvalue weighted by Crippen LogP contribution is 2.27. The third-order valence-corrected chi connectivity index (χ3v) is 5.06. The van der Waals surface area contributed by atoms with Crippen molar-refractivity contribution in [2.75, 3.05) is 10.6 Å². The summed E-state index contributed by atoms with van der Waals surface area (Å²) < 4.78 is 1.34. The molecule has 0 aliphatic carbocycles. The number of nitrogen functional groups attached to an aromatic ring is 1. The summed E-state index contributed by atoms with van der Waals surface area (Å²) >= 11 is 0. The van der Waals surface area contributed by atoms with E-state index >= 15 is 0 Å². The molecule has 0 saturated heterocycles. The highest BCUT2D eigenvalue weighted by Gasteiger charge is 2.34. The number of carbonyl (C=O) groups excluding carboxylic acids is 1. The molecule has 3 N–H and O–H groups in total. The lowest BCUT2D eigenvalue weighted by Crippen LogP contribution is -2.23. The number of nitrogens with zero attached hydrogens (tertiary/aromatic N) is 3. The van der Waals surface area contributed by atoms with E-state index in [0.717, 1.165) is 11.3 Å². The molecule has 1 amide bonds. The van der Waals surface area contributed by atoms with E-state index in [1.54, 1.807) is 4.90 Å². The van der Waals surface area contributed by atoms with E-state index in [1.165, 1.54) is 4.52 Å². The van der Waals surface area contributed by atoms with Crippen molar-refractivity contribution in [2.45, 2.75) is 13.0 Å². The van der Waals surface area contributed by atoms with Crippen molar-refractivity contribution in [1.82, 2.24) is 14.6 Å². The number of rotatable bonds is 3. The van der Waals surface area contributed by atoms with Gasteiger partial charge >= 0.3 is 0 Å². The second kappa shape index (κ2) is 6.09. The second-order valence-electron chi connectivity index (χ2n) is 6.80. The molecule has 0 fully saturated rings. The molecular formula is C21H17N5O2. The van der Waals surface area contributed by atoms with Crippen molar-refractivity contribution in [3.8, 4) is 0 Å². The molecule has 0 bridgehead atoms. The van der Waals surface area contributed by atoms with Crippen molar-refractivity contribution >= 4 is 23.1 Å². The molecule has 4 aromatic rings. The molecule has 7 heteroatoms. The Bertz CT molecular complexity index is 1260. The summed E-state index contributed by atoms with van der Waals surface area (Å²) in [7, 11) is 0. The van der Waals surface area contributed by atoms with Gasteiger partial charge < -0.3 is 10.6 Å². The van der Waals surface area contributed by atoms with Crippen LogP contribution in [0.1, 0.15) is 27.2 Å². The van der Waals surface area contributed by atoms with Gasteiger partial charge in [0.1, 0.15) is 11.5 Å². The van der Waals surface area contributed by atoms with Crippen LogP contribution in [0.3, 0.4) is 0 Å². The number of amides is 1. The molecule has 0 radical (unpaired) electrons. The molecule has 1 aliphatic rings. The average molecular weight is 371 g/mol. The van der Waals surface area contributed by atoms with Gasteiger partial charge in [-0.05, 0) is 17.7 Å². The van der Waals surface area contributed by atoms with Gasteiger partial charge in [0.05, 0.1) is 12.1 Å². The van der Waals surface area contributed by atoms with Gasteiger partial charge in [-0.3, -0.25) is 14.7 Å². The predicted molar refractivity (Wildman–Crippen MR) is 106 cm³/mol. The zero-order valence-corrected chi connectivity index (χ0v) is 14.9. The SMILES string of the molecule is Nc1[nH]n2c(=O)c3c(nc2c1Cc1ccccc1)C(=O)N(c1ccccc1)C3. The van der Waals surface area contributed by atoms with E-state index in [2.05, 4.69) is 10.1 Å². The van der Waals surface area contributed by atoms with Crippen LogP contribution in [0.2, 0.25) is 0 Å².